The van der Waals surface area contributed by atoms with Gasteiger partial charge in [0.25, 0.3) is 0 Å². The van der Waals surface area contributed by atoms with Gasteiger partial charge in [-0.2, -0.15) is 0 Å². The Morgan fingerprint density at radius 3 is 2.42 bits per heavy atom. The molecule has 1 aromatic heterocycles. The van der Waals surface area contributed by atoms with Gasteiger partial charge in [0, 0.05) is 12.6 Å². The Morgan fingerprint density at radius 1 is 1.12 bits per heavy atom. The lowest BCUT2D eigenvalue weighted by atomic mass is 10.0. The lowest BCUT2D eigenvalue weighted by molar-refractivity contribution is 0.550. The molecule has 2 aromatic carbocycles. The van der Waals surface area contributed by atoms with E-state index in [1.165, 1.54) is 0 Å². The molecule has 0 radical (unpaired) electrons. The summed E-state index contributed by atoms with van der Waals surface area (Å²) >= 11 is 1.07. The van der Waals surface area contributed by atoms with Crippen molar-refractivity contribution in [2.24, 2.45) is 0 Å². The second kappa shape index (κ2) is 7.34. The predicted molar refractivity (Wildman–Crippen MR) is 106 cm³/mol. The third kappa shape index (κ3) is 3.60. The van der Waals surface area contributed by atoms with Crippen molar-refractivity contribution in [2.75, 3.05) is 0 Å². The van der Waals surface area contributed by atoms with Crippen molar-refractivity contribution in [1.82, 2.24) is 9.29 Å². The molecule has 1 heterocycles. The molecule has 1 unspecified atom stereocenters. The van der Waals surface area contributed by atoms with Crippen molar-refractivity contribution < 1.29 is 8.42 Å². The topological polar surface area (TPSA) is 68.2 Å². The first kappa shape index (κ1) is 18.8. The maximum Gasteiger partial charge on any atom is 0.308 e. The van der Waals surface area contributed by atoms with Gasteiger partial charge in [-0.3, -0.25) is 9.36 Å². The van der Waals surface area contributed by atoms with Gasteiger partial charge in [0.1, 0.15) is 0 Å². The number of rotatable bonds is 6. The number of aryl methyl sites for hydroxylation is 2. The van der Waals surface area contributed by atoms with Crippen LogP contribution in [0.25, 0.3) is 10.2 Å². The molecule has 7 heteroatoms. The van der Waals surface area contributed by atoms with E-state index in [2.05, 4.69) is 4.72 Å². The van der Waals surface area contributed by atoms with Crippen LogP contribution in [-0.4, -0.2) is 13.0 Å². The van der Waals surface area contributed by atoms with Crippen LogP contribution in [0.2, 0.25) is 0 Å². The number of fused-ring (bicyclic) bond motifs is 1. The van der Waals surface area contributed by atoms with Crippen molar-refractivity contribution in [3.8, 4) is 0 Å². The zero-order valence-corrected chi connectivity index (χ0v) is 16.7. The van der Waals surface area contributed by atoms with Crippen LogP contribution >= 0.6 is 11.3 Å². The SMILES string of the molecule is CCC(NS(=O)(=O)c1ccc2c(c1)sc(=O)n2CC)c1ccc(C)cc1. The van der Waals surface area contributed by atoms with Gasteiger partial charge in [0.05, 0.1) is 15.1 Å². The Hall–Kier alpha value is -1.96. The first-order valence-electron chi connectivity index (χ1n) is 8.58. The van der Waals surface area contributed by atoms with E-state index in [9.17, 15) is 13.2 Å². The predicted octanol–water partition coefficient (Wildman–Crippen LogP) is 3.82. The monoisotopic (exact) mass is 390 g/mol. The number of nitrogens with zero attached hydrogens (tertiary/aromatic N) is 1. The fourth-order valence-corrected chi connectivity index (χ4v) is 5.36. The molecule has 0 aliphatic heterocycles. The van der Waals surface area contributed by atoms with E-state index in [4.69, 9.17) is 0 Å². The van der Waals surface area contributed by atoms with E-state index in [0.717, 1.165) is 28.0 Å². The third-order valence-corrected chi connectivity index (χ3v) is 6.86. The Bertz CT molecular complexity index is 1080. The van der Waals surface area contributed by atoms with Gasteiger partial charge in [-0.1, -0.05) is 48.1 Å². The van der Waals surface area contributed by atoms with E-state index < -0.39 is 10.0 Å². The highest BCUT2D eigenvalue weighted by atomic mass is 32.2. The molecule has 0 spiro atoms. The minimum atomic E-state index is -3.69. The Kier molecular flexibility index (Phi) is 5.32. The van der Waals surface area contributed by atoms with Crippen molar-refractivity contribution in [3.05, 3.63) is 63.3 Å². The van der Waals surface area contributed by atoms with Crippen LogP contribution in [0.4, 0.5) is 0 Å². The van der Waals surface area contributed by atoms with Crippen LogP contribution in [-0.2, 0) is 16.6 Å². The molecular weight excluding hydrogens is 368 g/mol. The van der Waals surface area contributed by atoms with Gasteiger partial charge < -0.3 is 0 Å². The number of hydrogen-bond acceptors (Lipinski definition) is 4. The molecule has 1 atom stereocenters. The molecule has 0 saturated carbocycles. The fraction of sp³-hybridized carbons (Fsp3) is 0.316. The van der Waals surface area contributed by atoms with E-state index in [1.54, 1.807) is 22.8 Å². The number of thiazole rings is 1. The average molecular weight is 391 g/mol. The van der Waals surface area contributed by atoms with Crippen LogP contribution in [0, 0.1) is 6.92 Å². The number of hydrogen-bond donors (Lipinski definition) is 1. The number of aromatic nitrogens is 1. The quantitative estimate of drug-likeness (QED) is 0.696. The van der Waals surface area contributed by atoms with Gasteiger partial charge in [-0.05, 0) is 44.0 Å². The van der Waals surface area contributed by atoms with Gasteiger partial charge in [0.2, 0.25) is 10.0 Å². The molecule has 0 aliphatic rings. The van der Waals surface area contributed by atoms with Crippen LogP contribution in [0.1, 0.15) is 37.4 Å². The van der Waals surface area contributed by atoms with Crippen LogP contribution < -0.4 is 9.60 Å². The Balaban J connectivity index is 1.95. The Labute approximate surface area is 157 Å². The standard InChI is InChI=1S/C19H22N2O3S2/c1-4-16(14-8-6-13(3)7-9-14)20-26(23,24)15-10-11-17-18(12-15)25-19(22)21(17)5-2/h6-12,16,20H,4-5H2,1-3H3. The average Bonchev–Trinajstić information content (AvgIpc) is 2.94. The molecule has 3 rings (SSSR count). The molecule has 0 amide bonds. The van der Waals surface area contributed by atoms with Gasteiger partial charge in [-0.25, -0.2) is 13.1 Å². The minimum absolute atomic E-state index is 0.0731. The molecule has 0 bridgehead atoms. The summed E-state index contributed by atoms with van der Waals surface area (Å²) in [5, 5.41) is 0. The second-order valence-electron chi connectivity index (χ2n) is 6.23. The van der Waals surface area contributed by atoms with Crippen molar-refractivity contribution >= 4 is 31.6 Å². The molecule has 5 nitrogen and oxygen atoms in total. The largest absolute Gasteiger partial charge is 0.308 e. The summed E-state index contributed by atoms with van der Waals surface area (Å²) in [6, 6.07) is 12.4. The maximum atomic E-state index is 12.9. The molecule has 0 saturated heterocycles. The maximum absolute atomic E-state index is 12.9. The second-order valence-corrected chi connectivity index (χ2v) is 8.94. The molecule has 138 valence electrons. The zero-order chi connectivity index (χ0) is 18.9. The molecular formula is C19H22N2O3S2. The van der Waals surface area contributed by atoms with Gasteiger partial charge >= 0.3 is 4.87 Å². The highest BCUT2D eigenvalue weighted by Crippen LogP contribution is 2.24. The Morgan fingerprint density at radius 2 is 1.81 bits per heavy atom. The van der Waals surface area contributed by atoms with Crippen LogP contribution in [0.3, 0.4) is 0 Å². The van der Waals surface area contributed by atoms with Crippen LogP contribution in [0.5, 0.6) is 0 Å². The first-order chi connectivity index (χ1) is 12.4. The van der Waals surface area contributed by atoms with E-state index in [1.807, 2.05) is 45.0 Å². The van der Waals surface area contributed by atoms with Crippen molar-refractivity contribution in [1.29, 1.82) is 0 Å². The highest BCUT2D eigenvalue weighted by Gasteiger charge is 2.21. The van der Waals surface area contributed by atoms with Crippen molar-refractivity contribution in [3.63, 3.8) is 0 Å². The molecule has 1 N–H and O–H groups in total. The molecule has 0 fully saturated rings. The van der Waals surface area contributed by atoms with E-state index in [0.29, 0.717) is 17.7 Å². The summed E-state index contributed by atoms with van der Waals surface area (Å²) in [4.78, 5) is 12.1. The first-order valence-corrected chi connectivity index (χ1v) is 10.9. The lowest BCUT2D eigenvalue weighted by Gasteiger charge is -2.18. The van der Waals surface area contributed by atoms with Crippen molar-refractivity contribution in [2.45, 2.75) is 44.7 Å². The van der Waals surface area contributed by atoms with E-state index >= 15 is 0 Å². The summed E-state index contributed by atoms with van der Waals surface area (Å²) in [5.41, 5.74) is 2.84. The molecule has 26 heavy (non-hydrogen) atoms. The molecule has 0 aliphatic carbocycles. The summed E-state index contributed by atoms with van der Waals surface area (Å²) < 4.78 is 30.8. The lowest BCUT2D eigenvalue weighted by Crippen LogP contribution is -2.28. The number of sulfonamides is 1. The van der Waals surface area contributed by atoms with Crippen LogP contribution in [0.15, 0.2) is 52.2 Å². The third-order valence-electron chi connectivity index (χ3n) is 4.45. The summed E-state index contributed by atoms with van der Waals surface area (Å²) in [6.07, 6.45) is 0.643. The zero-order valence-electron chi connectivity index (χ0n) is 15.0. The number of benzene rings is 2. The number of nitrogens with one attached hydrogen (secondary N) is 1. The smallest absolute Gasteiger partial charge is 0.299 e. The summed E-state index contributed by atoms with van der Waals surface area (Å²) in [7, 11) is -3.69. The molecule has 3 aromatic rings. The fourth-order valence-electron chi connectivity index (χ4n) is 2.95. The van der Waals surface area contributed by atoms with Gasteiger partial charge in [0.15, 0.2) is 0 Å². The normalized spacial score (nSPS) is 13.2. The summed E-state index contributed by atoms with van der Waals surface area (Å²) in [6.45, 7) is 6.41. The highest BCUT2D eigenvalue weighted by molar-refractivity contribution is 7.89. The van der Waals surface area contributed by atoms with E-state index in [-0.39, 0.29) is 15.8 Å². The minimum Gasteiger partial charge on any atom is -0.299 e. The summed E-state index contributed by atoms with van der Waals surface area (Å²) in [5.74, 6) is 0. The van der Waals surface area contributed by atoms with Gasteiger partial charge in [-0.15, -0.1) is 0 Å².